The van der Waals surface area contributed by atoms with Gasteiger partial charge in [-0.25, -0.2) is 4.21 Å². The minimum atomic E-state index is -4.76. The van der Waals surface area contributed by atoms with E-state index < -0.39 is 23.4 Å². The molecule has 1 aromatic rings. The molecule has 216 valence electrons. The number of alkyl halides is 3. The maximum atomic E-state index is 13.3. The summed E-state index contributed by atoms with van der Waals surface area (Å²) in [5, 5.41) is 6.06. The molecule has 0 radical (unpaired) electrons. The van der Waals surface area contributed by atoms with Crippen LogP contribution in [0.3, 0.4) is 0 Å². The first kappa shape index (κ1) is 31.9. The third kappa shape index (κ3) is 12.5. The summed E-state index contributed by atoms with van der Waals surface area (Å²) < 4.78 is 61.2. The maximum absolute atomic E-state index is 13.3. The van der Waals surface area contributed by atoms with Crippen molar-refractivity contribution in [3.63, 3.8) is 0 Å². The van der Waals surface area contributed by atoms with Gasteiger partial charge in [0.2, 0.25) is 11.8 Å². The Bertz CT molecular complexity index is 895. The summed E-state index contributed by atoms with van der Waals surface area (Å²) in [5.74, 6) is -0.887. The molecule has 1 aliphatic carbocycles. The lowest BCUT2D eigenvalue weighted by Crippen LogP contribution is -2.44. The molecule has 0 spiro atoms. The van der Waals surface area contributed by atoms with E-state index in [1.165, 1.54) is 30.7 Å². The summed E-state index contributed by atoms with van der Waals surface area (Å²) in [6.45, 7) is 4.70. The minimum absolute atomic E-state index is 0.0305. The van der Waals surface area contributed by atoms with Gasteiger partial charge in [-0.05, 0) is 49.9 Å². The topological polar surface area (TPSA) is 108 Å². The molecule has 1 saturated carbocycles. The van der Waals surface area contributed by atoms with Gasteiger partial charge in [-0.1, -0.05) is 39.0 Å². The summed E-state index contributed by atoms with van der Waals surface area (Å²) in [6, 6.07) is 5.03. The van der Waals surface area contributed by atoms with Gasteiger partial charge in [0.1, 0.15) is 5.75 Å². The highest BCUT2D eigenvalue weighted by Crippen LogP contribution is 2.31. The van der Waals surface area contributed by atoms with Crippen LogP contribution in [0.15, 0.2) is 24.3 Å². The van der Waals surface area contributed by atoms with Crippen LogP contribution in [0.4, 0.5) is 18.9 Å². The smallest absolute Gasteiger partial charge is 0.406 e. The van der Waals surface area contributed by atoms with Crippen LogP contribution in [0.5, 0.6) is 5.75 Å². The molecule has 8 nitrogen and oxygen atoms in total. The fraction of sp³-hybridized carbons (Fsp3) is 0.692. The van der Waals surface area contributed by atoms with Crippen LogP contribution in [0.2, 0.25) is 0 Å². The Morgan fingerprint density at radius 3 is 2.39 bits per heavy atom. The number of halogens is 3. The average Bonchev–Trinajstić information content (AvgIpc) is 2.85. The van der Waals surface area contributed by atoms with E-state index in [0.29, 0.717) is 37.5 Å². The lowest BCUT2D eigenvalue weighted by molar-refractivity contribution is -0.274. The van der Waals surface area contributed by atoms with E-state index in [9.17, 15) is 27.0 Å². The molecule has 0 bridgehead atoms. The molecule has 0 heterocycles. The molecule has 1 fully saturated rings. The summed E-state index contributed by atoms with van der Waals surface area (Å²) in [5.41, 5.74) is 0.575. The maximum Gasteiger partial charge on any atom is 0.573 e. The Morgan fingerprint density at radius 1 is 1.16 bits per heavy atom. The van der Waals surface area contributed by atoms with Gasteiger partial charge < -0.3 is 24.8 Å². The second-order valence-electron chi connectivity index (χ2n) is 9.91. The van der Waals surface area contributed by atoms with Crippen LogP contribution in [0.25, 0.3) is 0 Å². The highest BCUT2D eigenvalue weighted by Gasteiger charge is 2.31. The van der Waals surface area contributed by atoms with Crippen molar-refractivity contribution in [3.05, 3.63) is 24.3 Å². The lowest BCUT2D eigenvalue weighted by atomic mass is 9.81. The summed E-state index contributed by atoms with van der Waals surface area (Å²) in [6.07, 6.45) is 2.08. The number of ether oxygens (including phenoxy) is 1. The number of carbonyl (C=O) groups excluding carboxylic acids is 2. The molecule has 2 amide bonds. The fourth-order valence-corrected chi connectivity index (χ4v) is 5.10. The van der Waals surface area contributed by atoms with Gasteiger partial charge in [0.25, 0.3) is 0 Å². The SMILES string of the molecule is CCCN(CCS(=O)O)C(=O)C[C@@H](CC1CCCCC1)C(=O)N[C@@H](C)CNc1ccc(OC(F)(F)F)cc1. The van der Waals surface area contributed by atoms with Crippen LogP contribution in [0.1, 0.15) is 65.2 Å². The molecule has 3 N–H and O–H groups in total. The Balaban J connectivity index is 1.97. The van der Waals surface area contributed by atoms with E-state index in [0.717, 1.165) is 25.7 Å². The predicted molar refractivity (Wildman–Crippen MR) is 141 cm³/mol. The number of benzene rings is 1. The number of rotatable bonds is 15. The van der Waals surface area contributed by atoms with E-state index in [1.54, 1.807) is 4.90 Å². The third-order valence-electron chi connectivity index (χ3n) is 6.61. The van der Waals surface area contributed by atoms with Crippen molar-refractivity contribution in [2.45, 2.75) is 77.6 Å². The number of anilines is 1. The molecule has 1 unspecified atom stereocenters. The van der Waals surface area contributed by atoms with Crippen LogP contribution < -0.4 is 15.4 Å². The normalized spacial score (nSPS) is 16.8. The van der Waals surface area contributed by atoms with Crippen LogP contribution in [-0.2, 0) is 20.7 Å². The van der Waals surface area contributed by atoms with Crippen LogP contribution in [0, 0.1) is 11.8 Å². The number of carbonyl (C=O) groups is 2. The number of hydrogen-bond acceptors (Lipinski definition) is 5. The molecular weight excluding hydrogens is 523 g/mol. The van der Waals surface area contributed by atoms with Gasteiger partial charge in [-0.15, -0.1) is 13.2 Å². The zero-order chi connectivity index (χ0) is 28.1. The zero-order valence-electron chi connectivity index (χ0n) is 22.1. The summed E-state index contributed by atoms with van der Waals surface area (Å²) in [7, 11) is 0. The second kappa shape index (κ2) is 15.9. The van der Waals surface area contributed by atoms with Crippen molar-refractivity contribution >= 4 is 28.6 Å². The van der Waals surface area contributed by atoms with E-state index in [2.05, 4.69) is 15.4 Å². The van der Waals surface area contributed by atoms with Crippen molar-refractivity contribution in [2.75, 3.05) is 30.7 Å². The standard InChI is InChI=1S/C26H40F3N3O5S/c1-3-13-32(14-15-38(35)36)24(33)17-21(16-20-7-5-4-6-8-20)25(34)31-19(2)18-30-22-9-11-23(12-10-22)37-26(27,28)29/h9-12,19-21,30H,3-8,13-18H2,1-2H3,(H,31,34)(H,35,36)/t19-,21+/m0/s1. The predicted octanol–water partition coefficient (Wildman–Crippen LogP) is 4.94. The summed E-state index contributed by atoms with van der Waals surface area (Å²) in [4.78, 5) is 27.9. The molecule has 12 heteroatoms. The van der Waals surface area contributed by atoms with Gasteiger partial charge in [0.15, 0.2) is 11.1 Å². The van der Waals surface area contributed by atoms with E-state index in [1.807, 2.05) is 13.8 Å². The average molecular weight is 564 g/mol. The Hall–Kier alpha value is -2.34. The molecule has 0 aromatic heterocycles. The highest BCUT2D eigenvalue weighted by molar-refractivity contribution is 7.79. The summed E-state index contributed by atoms with van der Waals surface area (Å²) >= 11 is -2.00. The van der Waals surface area contributed by atoms with E-state index >= 15 is 0 Å². The minimum Gasteiger partial charge on any atom is -0.406 e. The van der Waals surface area contributed by atoms with Crippen LogP contribution in [-0.4, -0.2) is 63.3 Å². The fourth-order valence-electron chi connectivity index (χ4n) is 4.72. The molecular formula is C26H40F3N3O5S. The van der Waals surface area contributed by atoms with E-state index in [4.69, 9.17) is 4.55 Å². The Kier molecular flexibility index (Phi) is 13.4. The van der Waals surface area contributed by atoms with E-state index in [-0.39, 0.29) is 42.3 Å². The molecule has 1 aliphatic rings. The zero-order valence-corrected chi connectivity index (χ0v) is 22.9. The number of nitrogens with zero attached hydrogens (tertiary/aromatic N) is 1. The number of amides is 2. The third-order valence-corrected chi connectivity index (χ3v) is 7.14. The quantitative estimate of drug-likeness (QED) is 0.261. The second-order valence-corrected chi connectivity index (χ2v) is 11.0. The number of nitrogens with one attached hydrogen (secondary N) is 2. The van der Waals surface area contributed by atoms with Crippen molar-refractivity contribution < 1.29 is 36.3 Å². The van der Waals surface area contributed by atoms with Crippen LogP contribution >= 0.6 is 0 Å². The molecule has 1 aromatic carbocycles. The van der Waals surface area contributed by atoms with Gasteiger partial charge in [0.05, 0.1) is 5.75 Å². The number of hydrogen-bond donors (Lipinski definition) is 3. The monoisotopic (exact) mass is 563 g/mol. The van der Waals surface area contributed by atoms with Gasteiger partial charge >= 0.3 is 6.36 Å². The first-order chi connectivity index (χ1) is 18.0. The Morgan fingerprint density at radius 2 is 1.82 bits per heavy atom. The first-order valence-electron chi connectivity index (χ1n) is 13.2. The first-order valence-corrected chi connectivity index (χ1v) is 14.5. The molecule has 38 heavy (non-hydrogen) atoms. The van der Waals surface area contributed by atoms with Gasteiger partial charge in [-0.3, -0.25) is 9.59 Å². The molecule has 3 atom stereocenters. The van der Waals surface area contributed by atoms with Crippen molar-refractivity contribution in [1.29, 1.82) is 0 Å². The largest absolute Gasteiger partial charge is 0.573 e. The highest BCUT2D eigenvalue weighted by atomic mass is 32.2. The molecule has 0 saturated heterocycles. The Labute approximate surface area is 225 Å². The van der Waals surface area contributed by atoms with Crippen molar-refractivity contribution in [3.8, 4) is 5.75 Å². The van der Waals surface area contributed by atoms with Gasteiger partial charge in [0, 0.05) is 43.7 Å². The lowest BCUT2D eigenvalue weighted by Gasteiger charge is -2.29. The molecule has 2 rings (SSSR count). The molecule has 0 aliphatic heterocycles. The van der Waals surface area contributed by atoms with Crippen molar-refractivity contribution in [2.24, 2.45) is 11.8 Å². The van der Waals surface area contributed by atoms with Crippen molar-refractivity contribution in [1.82, 2.24) is 10.2 Å². The van der Waals surface area contributed by atoms with Gasteiger partial charge in [-0.2, -0.15) is 0 Å².